The third-order valence-corrected chi connectivity index (χ3v) is 4.56. The Morgan fingerprint density at radius 3 is 2.69 bits per heavy atom. The monoisotopic (exact) mass is 348 g/mol. The molecule has 0 saturated heterocycles. The number of pyridine rings is 1. The Balaban J connectivity index is 1.85. The van der Waals surface area contributed by atoms with Crippen molar-refractivity contribution in [2.45, 2.75) is 20.4 Å². The van der Waals surface area contributed by atoms with Crippen molar-refractivity contribution >= 4 is 28.0 Å². The van der Waals surface area contributed by atoms with Crippen LogP contribution in [-0.4, -0.2) is 33.2 Å². The summed E-state index contributed by atoms with van der Waals surface area (Å²) < 4.78 is 6.02. The van der Waals surface area contributed by atoms with Gasteiger partial charge in [0.25, 0.3) is 0 Å². The number of furan rings is 1. The third kappa shape index (κ3) is 2.88. The maximum Gasteiger partial charge on any atom is 0.229 e. The Kier molecular flexibility index (Phi) is 4.26. The number of anilines is 1. The molecular weight excluding hydrogens is 328 g/mol. The molecule has 0 spiro atoms. The Hall–Kier alpha value is -2.99. The predicted molar refractivity (Wildman–Crippen MR) is 101 cm³/mol. The molecular formula is C20H20N4O2. The van der Waals surface area contributed by atoms with Gasteiger partial charge in [-0.1, -0.05) is 30.3 Å². The molecule has 4 rings (SSSR count). The summed E-state index contributed by atoms with van der Waals surface area (Å²) in [5, 5.41) is 10.4. The summed E-state index contributed by atoms with van der Waals surface area (Å²) in [4.78, 5) is 15.4. The van der Waals surface area contributed by atoms with E-state index in [1.165, 1.54) is 6.33 Å². The molecule has 3 heterocycles. The fourth-order valence-corrected chi connectivity index (χ4v) is 3.09. The lowest BCUT2D eigenvalue weighted by atomic mass is 10.2. The summed E-state index contributed by atoms with van der Waals surface area (Å²) in [5.41, 5.74) is 5.07. The second kappa shape index (κ2) is 6.72. The first-order valence-corrected chi connectivity index (χ1v) is 8.58. The Bertz CT molecular complexity index is 1060. The van der Waals surface area contributed by atoms with Crippen LogP contribution in [0.15, 0.2) is 47.1 Å². The van der Waals surface area contributed by atoms with E-state index in [0.29, 0.717) is 30.2 Å². The Morgan fingerprint density at radius 1 is 1.12 bits per heavy atom. The van der Waals surface area contributed by atoms with Crippen molar-refractivity contribution in [3.63, 3.8) is 0 Å². The minimum Gasteiger partial charge on any atom is -0.432 e. The summed E-state index contributed by atoms with van der Waals surface area (Å²) in [6.45, 7) is 5.08. The van der Waals surface area contributed by atoms with Crippen molar-refractivity contribution in [2.24, 2.45) is 0 Å². The highest BCUT2D eigenvalue weighted by Gasteiger charge is 2.19. The van der Waals surface area contributed by atoms with Crippen LogP contribution in [0.2, 0.25) is 0 Å². The number of benzene rings is 1. The van der Waals surface area contributed by atoms with Crippen LogP contribution in [0.3, 0.4) is 0 Å². The molecule has 6 nitrogen and oxygen atoms in total. The van der Waals surface area contributed by atoms with Gasteiger partial charge in [0.2, 0.25) is 5.71 Å². The van der Waals surface area contributed by atoms with E-state index in [1.807, 2.05) is 43.0 Å². The zero-order chi connectivity index (χ0) is 18.1. The molecule has 1 aromatic carbocycles. The molecule has 0 atom stereocenters. The number of hydrogen-bond donors (Lipinski definition) is 1. The normalized spacial score (nSPS) is 11.3. The summed E-state index contributed by atoms with van der Waals surface area (Å²) in [6, 6.07) is 12.1. The maximum absolute atomic E-state index is 9.53. The van der Waals surface area contributed by atoms with Gasteiger partial charge in [-0.2, -0.15) is 0 Å². The lowest BCUT2D eigenvalue weighted by Gasteiger charge is -2.22. The number of fused-ring (bicyclic) bond motifs is 3. The molecule has 0 bridgehead atoms. The SMILES string of the molecule is Cc1cc2c(nc1C)oc1c(N(CCO)Cc3ccccc3)ncnc12. The number of nitrogens with zero attached hydrogens (tertiary/aromatic N) is 4. The van der Waals surface area contributed by atoms with E-state index in [9.17, 15) is 5.11 Å². The molecule has 4 aromatic rings. The highest BCUT2D eigenvalue weighted by atomic mass is 16.3. The average molecular weight is 348 g/mol. The van der Waals surface area contributed by atoms with E-state index in [-0.39, 0.29) is 6.61 Å². The maximum atomic E-state index is 9.53. The molecule has 0 saturated carbocycles. The average Bonchev–Trinajstić information content (AvgIpc) is 3.00. The van der Waals surface area contributed by atoms with Gasteiger partial charge in [-0.15, -0.1) is 0 Å². The van der Waals surface area contributed by atoms with Crippen LogP contribution < -0.4 is 4.90 Å². The topological polar surface area (TPSA) is 75.3 Å². The van der Waals surface area contributed by atoms with Gasteiger partial charge in [0.1, 0.15) is 11.8 Å². The van der Waals surface area contributed by atoms with Crippen LogP contribution in [0.25, 0.3) is 22.2 Å². The number of hydrogen-bond acceptors (Lipinski definition) is 6. The van der Waals surface area contributed by atoms with E-state index >= 15 is 0 Å². The van der Waals surface area contributed by atoms with Crippen LogP contribution in [0.5, 0.6) is 0 Å². The first-order valence-electron chi connectivity index (χ1n) is 8.58. The fourth-order valence-electron chi connectivity index (χ4n) is 3.09. The van der Waals surface area contributed by atoms with Crippen LogP contribution in [0.1, 0.15) is 16.8 Å². The number of aliphatic hydroxyl groups is 1. The Labute approximate surface area is 151 Å². The standard InChI is InChI=1S/C20H20N4O2/c1-13-10-16-17-18(26-20(16)23-14(13)2)19(22-12-21-17)24(8-9-25)11-15-6-4-3-5-7-15/h3-7,10,12,25H,8-9,11H2,1-2H3. The van der Waals surface area contributed by atoms with Crippen molar-refractivity contribution < 1.29 is 9.52 Å². The minimum atomic E-state index is 0.0228. The molecule has 6 heteroatoms. The van der Waals surface area contributed by atoms with Gasteiger partial charge in [-0.05, 0) is 31.0 Å². The molecule has 26 heavy (non-hydrogen) atoms. The van der Waals surface area contributed by atoms with Gasteiger partial charge in [0, 0.05) is 18.8 Å². The van der Waals surface area contributed by atoms with Crippen molar-refractivity contribution in [1.82, 2.24) is 15.0 Å². The molecule has 0 aliphatic heterocycles. The molecule has 3 aromatic heterocycles. The minimum absolute atomic E-state index is 0.0228. The van der Waals surface area contributed by atoms with Gasteiger partial charge >= 0.3 is 0 Å². The molecule has 0 aliphatic rings. The summed E-state index contributed by atoms with van der Waals surface area (Å²) in [5.74, 6) is 0.668. The second-order valence-corrected chi connectivity index (χ2v) is 6.35. The van der Waals surface area contributed by atoms with E-state index in [1.54, 1.807) is 0 Å². The van der Waals surface area contributed by atoms with Crippen molar-refractivity contribution in [2.75, 3.05) is 18.1 Å². The summed E-state index contributed by atoms with van der Waals surface area (Å²) >= 11 is 0. The van der Waals surface area contributed by atoms with E-state index in [0.717, 1.165) is 27.7 Å². The smallest absolute Gasteiger partial charge is 0.229 e. The summed E-state index contributed by atoms with van der Waals surface area (Å²) in [7, 11) is 0. The van der Waals surface area contributed by atoms with Gasteiger partial charge in [0.05, 0.1) is 12.0 Å². The van der Waals surface area contributed by atoms with Crippen molar-refractivity contribution in [3.05, 3.63) is 59.5 Å². The predicted octanol–water partition coefficient (Wildman–Crippen LogP) is 3.39. The van der Waals surface area contributed by atoms with Crippen LogP contribution in [-0.2, 0) is 6.54 Å². The van der Waals surface area contributed by atoms with Crippen molar-refractivity contribution in [3.8, 4) is 0 Å². The Morgan fingerprint density at radius 2 is 1.92 bits per heavy atom. The lowest BCUT2D eigenvalue weighted by Crippen LogP contribution is -2.27. The highest BCUT2D eigenvalue weighted by Crippen LogP contribution is 2.32. The van der Waals surface area contributed by atoms with E-state index < -0.39 is 0 Å². The second-order valence-electron chi connectivity index (χ2n) is 6.35. The summed E-state index contributed by atoms with van der Waals surface area (Å²) in [6.07, 6.45) is 1.54. The molecule has 0 aliphatic carbocycles. The molecule has 1 N–H and O–H groups in total. The van der Waals surface area contributed by atoms with Crippen molar-refractivity contribution in [1.29, 1.82) is 0 Å². The molecule has 0 radical (unpaired) electrons. The van der Waals surface area contributed by atoms with Gasteiger partial charge in [0.15, 0.2) is 11.4 Å². The van der Waals surface area contributed by atoms with E-state index in [2.05, 4.69) is 27.1 Å². The van der Waals surface area contributed by atoms with Crippen LogP contribution in [0.4, 0.5) is 5.82 Å². The molecule has 0 fully saturated rings. The van der Waals surface area contributed by atoms with Crippen LogP contribution in [0, 0.1) is 13.8 Å². The number of aryl methyl sites for hydroxylation is 2. The highest BCUT2D eigenvalue weighted by molar-refractivity contribution is 6.04. The number of aromatic nitrogens is 3. The largest absolute Gasteiger partial charge is 0.432 e. The zero-order valence-corrected chi connectivity index (χ0v) is 14.8. The van der Waals surface area contributed by atoms with E-state index in [4.69, 9.17) is 4.42 Å². The third-order valence-electron chi connectivity index (χ3n) is 4.56. The first-order chi connectivity index (χ1) is 12.7. The fraction of sp³-hybridized carbons (Fsp3) is 0.250. The molecule has 0 unspecified atom stereocenters. The lowest BCUT2D eigenvalue weighted by molar-refractivity contribution is 0.301. The van der Waals surface area contributed by atoms with Crippen LogP contribution >= 0.6 is 0 Å². The molecule has 132 valence electrons. The molecule has 0 amide bonds. The van der Waals surface area contributed by atoms with Gasteiger partial charge in [-0.25, -0.2) is 15.0 Å². The quantitative estimate of drug-likeness (QED) is 0.596. The number of aliphatic hydroxyl groups excluding tert-OH is 1. The van der Waals surface area contributed by atoms with Gasteiger partial charge < -0.3 is 14.4 Å². The first kappa shape index (κ1) is 16.5. The zero-order valence-electron chi connectivity index (χ0n) is 14.8. The van der Waals surface area contributed by atoms with Gasteiger partial charge in [-0.3, -0.25) is 0 Å². The number of rotatable bonds is 5.